The van der Waals surface area contributed by atoms with Gasteiger partial charge in [-0.15, -0.1) is 24.0 Å². The van der Waals surface area contributed by atoms with Gasteiger partial charge in [0.2, 0.25) is 0 Å². The number of hydrogen-bond acceptors (Lipinski definition) is 4. The van der Waals surface area contributed by atoms with Crippen molar-refractivity contribution in [2.75, 3.05) is 58.3 Å². The predicted molar refractivity (Wildman–Crippen MR) is 131 cm³/mol. The second-order valence-electron chi connectivity index (χ2n) is 7.42. The normalized spacial score (nSPS) is 14.6. The number of nitrogens with two attached hydrogens (primary N) is 1. The van der Waals surface area contributed by atoms with E-state index in [9.17, 15) is 4.39 Å². The second kappa shape index (κ2) is 11.9. The fraction of sp³-hybridized carbons (Fsp3) is 0.409. The molecule has 8 heteroatoms. The lowest BCUT2D eigenvalue weighted by Crippen LogP contribution is -2.51. The molecule has 0 aromatic heterocycles. The van der Waals surface area contributed by atoms with Crippen molar-refractivity contribution in [3.05, 3.63) is 59.9 Å². The van der Waals surface area contributed by atoms with Gasteiger partial charge in [0.15, 0.2) is 5.96 Å². The van der Waals surface area contributed by atoms with E-state index < -0.39 is 0 Å². The maximum Gasteiger partial charge on any atom is 0.191 e. The Morgan fingerprint density at radius 1 is 1.10 bits per heavy atom. The largest absolute Gasteiger partial charge is 0.492 e. The van der Waals surface area contributed by atoms with Crippen LogP contribution in [0.15, 0.2) is 53.5 Å². The lowest BCUT2D eigenvalue weighted by molar-refractivity contribution is 0.261. The van der Waals surface area contributed by atoms with Crippen LogP contribution in [0.1, 0.15) is 5.56 Å². The van der Waals surface area contributed by atoms with Gasteiger partial charge in [-0.25, -0.2) is 9.38 Å². The fourth-order valence-electron chi connectivity index (χ4n) is 3.20. The highest BCUT2D eigenvalue weighted by Crippen LogP contribution is 2.17. The summed E-state index contributed by atoms with van der Waals surface area (Å²) in [5.41, 5.74) is 8.33. The van der Waals surface area contributed by atoms with Crippen LogP contribution in [-0.2, 0) is 6.54 Å². The van der Waals surface area contributed by atoms with Crippen molar-refractivity contribution >= 4 is 35.6 Å². The molecule has 2 aromatic carbocycles. The van der Waals surface area contributed by atoms with Crippen molar-refractivity contribution in [3.8, 4) is 5.75 Å². The first-order valence-corrected chi connectivity index (χ1v) is 9.93. The monoisotopic (exact) mass is 527 g/mol. The molecule has 1 fully saturated rings. The van der Waals surface area contributed by atoms with Crippen LogP contribution in [0.2, 0.25) is 0 Å². The number of guanidine groups is 1. The van der Waals surface area contributed by atoms with Gasteiger partial charge in [-0.05, 0) is 56.1 Å². The first-order chi connectivity index (χ1) is 14.0. The Morgan fingerprint density at radius 2 is 1.80 bits per heavy atom. The molecule has 0 radical (unpaired) electrons. The van der Waals surface area contributed by atoms with Gasteiger partial charge in [-0.1, -0.05) is 12.1 Å². The maximum atomic E-state index is 13.1. The van der Waals surface area contributed by atoms with Crippen LogP contribution in [0.25, 0.3) is 0 Å². The van der Waals surface area contributed by atoms with Gasteiger partial charge in [-0.2, -0.15) is 0 Å². The number of nitrogens with zero attached hydrogens (tertiary/aromatic N) is 4. The zero-order valence-electron chi connectivity index (χ0n) is 17.6. The van der Waals surface area contributed by atoms with E-state index in [1.165, 1.54) is 12.1 Å². The van der Waals surface area contributed by atoms with Crippen molar-refractivity contribution in [2.45, 2.75) is 6.54 Å². The third kappa shape index (κ3) is 7.32. The van der Waals surface area contributed by atoms with Crippen LogP contribution in [0.4, 0.5) is 10.1 Å². The van der Waals surface area contributed by atoms with E-state index >= 15 is 0 Å². The molecule has 0 atom stereocenters. The van der Waals surface area contributed by atoms with Crippen molar-refractivity contribution < 1.29 is 9.13 Å². The summed E-state index contributed by atoms with van der Waals surface area (Å²) in [6.45, 7) is 5.29. The van der Waals surface area contributed by atoms with E-state index in [0.29, 0.717) is 19.1 Å². The van der Waals surface area contributed by atoms with Crippen LogP contribution >= 0.6 is 24.0 Å². The van der Waals surface area contributed by atoms with E-state index in [1.54, 1.807) is 0 Å². The molecule has 3 rings (SSSR count). The summed E-state index contributed by atoms with van der Waals surface area (Å²) >= 11 is 0. The second-order valence-corrected chi connectivity index (χ2v) is 7.42. The molecular weight excluding hydrogens is 496 g/mol. The maximum absolute atomic E-state index is 13.1. The number of anilines is 1. The lowest BCUT2D eigenvalue weighted by Gasteiger charge is -2.36. The van der Waals surface area contributed by atoms with Gasteiger partial charge < -0.3 is 25.2 Å². The van der Waals surface area contributed by atoms with Gasteiger partial charge in [0.1, 0.15) is 18.2 Å². The SMILES string of the molecule is CN(C)CCOc1cccc(CN=C(N)N2CCN(c3ccc(F)cc3)CC2)c1.I. The number of ether oxygens (including phenoxy) is 1. The van der Waals surface area contributed by atoms with E-state index in [2.05, 4.69) is 19.7 Å². The number of piperazine rings is 1. The van der Waals surface area contributed by atoms with Gasteiger partial charge in [0.25, 0.3) is 0 Å². The van der Waals surface area contributed by atoms with E-state index in [1.807, 2.05) is 50.5 Å². The van der Waals surface area contributed by atoms with E-state index in [-0.39, 0.29) is 29.8 Å². The third-order valence-electron chi connectivity index (χ3n) is 4.92. The van der Waals surface area contributed by atoms with Gasteiger partial charge in [-0.3, -0.25) is 0 Å². The molecule has 1 saturated heterocycles. The number of likely N-dealkylation sites (N-methyl/N-ethyl adjacent to an activating group) is 1. The topological polar surface area (TPSA) is 57.3 Å². The number of rotatable bonds is 7. The Balaban J connectivity index is 0.00000320. The molecule has 2 N–H and O–H groups in total. The molecule has 2 aromatic rings. The standard InChI is InChI=1S/C22H30FN5O.HI/c1-26(2)14-15-29-21-5-3-4-18(16-21)17-25-22(24)28-12-10-27(11-13-28)20-8-6-19(23)7-9-20;/h3-9,16H,10-15,17H2,1-2H3,(H2,24,25);1H. The first-order valence-electron chi connectivity index (χ1n) is 9.93. The van der Waals surface area contributed by atoms with Crippen LogP contribution < -0.4 is 15.4 Å². The minimum Gasteiger partial charge on any atom is -0.492 e. The first kappa shape index (κ1) is 24.2. The molecule has 1 aliphatic heterocycles. The highest BCUT2D eigenvalue weighted by Gasteiger charge is 2.18. The lowest BCUT2D eigenvalue weighted by atomic mass is 10.2. The van der Waals surface area contributed by atoms with Crippen molar-refractivity contribution in [1.82, 2.24) is 9.80 Å². The average molecular weight is 527 g/mol. The Labute approximate surface area is 195 Å². The highest BCUT2D eigenvalue weighted by atomic mass is 127. The van der Waals surface area contributed by atoms with Gasteiger partial charge in [0, 0.05) is 38.4 Å². The smallest absolute Gasteiger partial charge is 0.191 e. The summed E-state index contributed by atoms with van der Waals surface area (Å²) in [5.74, 6) is 1.20. The Bertz CT molecular complexity index is 807. The van der Waals surface area contributed by atoms with Gasteiger partial charge >= 0.3 is 0 Å². The summed E-state index contributed by atoms with van der Waals surface area (Å²) in [7, 11) is 4.05. The highest BCUT2D eigenvalue weighted by molar-refractivity contribution is 14.0. The quantitative estimate of drug-likeness (QED) is 0.341. The van der Waals surface area contributed by atoms with Crippen LogP contribution in [0.3, 0.4) is 0 Å². The van der Waals surface area contributed by atoms with Gasteiger partial charge in [0.05, 0.1) is 6.54 Å². The third-order valence-corrected chi connectivity index (χ3v) is 4.92. The molecule has 0 unspecified atom stereocenters. The summed E-state index contributed by atoms with van der Waals surface area (Å²) in [5, 5.41) is 0. The molecule has 0 amide bonds. The van der Waals surface area contributed by atoms with E-state index in [0.717, 1.165) is 49.7 Å². The molecule has 1 aliphatic rings. The predicted octanol–water partition coefficient (Wildman–Crippen LogP) is 3.02. The van der Waals surface area contributed by atoms with Crippen molar-refractivity contribution in [3.63, 3.8) is 0 Å². The number of halogens is 2. The molecule has 0 spiro atoms. The number of benzene rings is 2. The molecule has 1 heterocycles. The zero-order chi connectivity index (χ0) is 20.6. The zero-order valence-corrected chi connectivity index (χ0v) is 20.0. The minimum absolute atomic E-state index is 0. The fourth-order valence-corrected chi connectivity index (χ4v) is 3.20. The number of hydrogen-bond donors (Lipinski definition) is 1. The van der Waals surface area contributed by atoms with Crippen LogP contribution in [-0.4, -0.2) is 69.2 Å². The molecule has 0 saturated carbocycles. The molecule has 164 valence electrons. The summed E-state index contributed by atoms with van der Waals surface area (Å²) in [6.07, 6.45) is 0. The molecule has 30 heavy (non-hydrogen) atoms. The number of aliphatic imine (C=N–C) groups is 1. The summed E-state index contributed by atoms with van der Waals surface area (Å²) in [6, 6.07) is 14.6. The minimum atomic E-state index is -0.212. The molecule has 0 aliphatic carbocycles. The Hall–Kier alpha value is -2.07. The molecule has 0 bridgehead atoms. The average Bonchev–Trinajstić information content (AvgIpc) is 2.73. The summed E-state index contributed by atoms with van der Waals surface area (Å²) in [4.78, 5) is 11.0. The van der Waals surface area contributed by atoms with Crippen LogP contribution in [0.5, 0.6) is 5.75 Å². The van der Waals surface area contributed by atoms with E-state index in [4.69, 9.17) is 10.5 Å². The molecular formula is C22H31FIN5O. The van der Waals surface area contributed by atoms with Crippen LogP contribution in [0, 0.1) is 5.82 Å². The van der Waals surface area contributed by atoms with Crippen molar-refractivity contribution in [1.29, 1.82) is 0 Å². The Morgan fingerprint density at radius 3 is 2.47 bits per heavy atom. The Kier molecular flexibility index (Phi) is 9.64. The van der Waals surface area contributed by atoms with Crippen molar-refractivity contribution in [2.24, 2.45) is 10.7 Å². The summed E-state index contributed by atoms with van der Waals surface area (Å²) < 4.78 is 18.9. The molecule has 6 nitrogen and oxygen atoms in total.